The first-order valence-corrected chi connectivity index (χ1v) is 7.89. The van der Waals surface area contributed by atoms with Crippen LogP contribution in [-0.2, 0) is 20.3 Å². The Morgan fingerprint density at radius 1 is 1.28 bits per heavy atom. The molecule has 18 heavy (non-hydrogen) atoms. The van der Waals surface area contributed by atoms with Crippen LogP contribution in [0.2, 0.25) is 6.04 Å². The lowest BCUT2D eigenvalue weighted by molar-refractivity contribution is 0.123. The van der Waals surface area contributed by atoms with Gasteiger partial charge in [-0.2, -0.15) is 0 Å². The average Bonchev–Trinajstić information content (AvgIpc) is 2.71. The Bertz CT molecular complexity index is 358. The lowest BCUT2D eigenvalue weighted by Crippen LogP contribution is -2.42. The predicted octanol–water partition coefficient (Wildman–Crippen LogP) is 1.41. The molecule has 0 unspecified atom stereocenters. The van der Waals surface area contributed by atoms with Gasteiger partial charge in [0.05, 0.1) is 6.20 Å². The van der Waals surface area contributed by atoms with E-state index in [4.69, 9.17) is 13.3 Å². The van der Waals surface area contributed by atoms with Crippen LogP contribution < -0.4 is 5.32 Å². The SMILES string of the molecule is CO[Si](CCCNc1cnc(C)n1C)(OC)OC. The predicted molar refractivity (Wildman–Crippen MR) is 72.6 cm³/mol. The minimum Gasteiger partial charge on any atom is -0.377 e. The zero-order valence-electron chi connectivity index (χ0n) is 11.8. The summed E-state index contributed by atoms with van der Waals surface area (Å²) in [4.78, 5) is 4.23. The third kappa shape index (κ3) is 3.55. The molecule has 1 N–H and O–H groups in total. The zero-order valence-corrected chi connectivity index (χ0v) is 12.8. The molecule has 6 nitrogen and oxygen atoms in total. The summed E-state index contributed by atoms with van der Waals surface area (Å²) in [5.74, 6) is 2.01. The summed E-state index contributed by atoms with van der Waals surface area (Å²) < 4.78 is 18.1. The van der Waals surface area contributed by atoms with Crippen molar-refractivity contribution >= 4 is 14.6 Å². The fraction of sp³-hybridized carbons (Fsp3) is 0.727. The second-order valence-corrected chi connectivity index (χ2v) is 7.17. The van der Waals surface area contributed by atoms with Crippen LogP contribution in [0.3, 0.4) is 0 Å². The molecule has 0 bridgehead atoms. The Morgan fingerprint density at radius 3 is 2.33 bits per heavy atom. The minimum absolute atomic E-state index is 0.792. The average molecular weight is 273 g/mol. The molecule has 0 radical (unpaired) electrons. The van der Waals surface area contributed by atoms with Crippen molar-refractivity contribution in [3.63, 3.8) is 0 Å². The van der Waals surface area contributed by atoms with E-state index in [0.29, 0.717) is 0 Å². The summed E-state index contributed by atoms with van der Waals surface area (Å²) in [6.45, 7) is 2.81. The molecule has 1 heterocycles. The Morgan fingerprint density at radius 2 is 1.89 bits per heavy atom. The van der Waals surface area contributed by atoms with E-state index in [2.05, 4.69) is 10.3 Å². The van der Waals surface area contributed by atoms with Crippen LogP contribution in [0.4, 0.5) is 5.82 Å². The van der Waals surface area contributed by atoms with Gasteiger partial charge in [0.2, 0.25) is 0 Å². The van der Waals surface area contributed by atoms with Crippen molar-refractivity contribution in [2.45, 2.75) is 19.4 Å². The Hall–Kier alpha value is -0.893. The highest BCUT2D eigenvalue weighted by Gasteiger charge is 2.36. The number of hydrogen-bond acceptors (Lipinski definition) is 5. The summed E-state index contributed by atoms with van der Waals surface area (Å²) in [6.07, 6.45) is 2.76. The van der Waals surface area contributed by atoms with Crippen LogP contribution in [-0.4, -0.2) is 46.2 Å². The summed E-state index contributed by atoms with van der Waals surface area (Å²) in [7, 11) is 4.47. The van der Waals surface area contributed by atoms with Crippen LogP contribution >= 0.6 is 0 Å². The number of nitrogens with zero attached hydrogens (tertiary/aromatic N) is 2. The van der Waals surface area contributed by atoms with Crippen LogP contribution in [0, 0.1) is 6.92 Å². The Kier molecular flexibility index (Phi) is 5.80. The highest BCUT2D eigenvalue weighted by Crippen LogP contribution is 2.15. The molecule has 0 spiro atoms. The van der Waals surface area contributed by atoms with E-state index in [-0.39, 0.29) is 0 Å². The Balaban J connectivity index is 2.36. The number of hydrogen-bond donors (Lipinski definition) is 1. The number of aromatic nitrogens is 2. The molecule has 0 aromatic carbocycles. The minimum atomic E-state index is -2.43. The van der Waals surface area contributed by atoms with E-state index in [0.717, 1.165) is 30.7 Å². The number of rotatable bonds is 8. The number of anilines is 1. The van der Waals surface area contributed by atoms with Crippen LogP contribution in [0.1, 0.15) is 12.2 Å². The summed E-state index contributed by atoms with van der Waals surface area (Å²) in [6, 6.07) is 0.792. The fourth-order valence-corrected chi connectivity index (χ4v) is 3.47. The number of aryl methyl sites for hydroxylation is 1. The molecule has 0 saturated heterocycles. The molecule has 0 aliphatic rings. The molecule has 0 amide bonds. The molecule has 7 heteroatoms. The maximum atomic E-state index is 5.37. The molecule has 1 rings (SSSR count). The normalized spacial score (nSPS) is 11.8. The standard InChI is InChI=1S/C11H23N3O3Si/c1-10-13-9-11(14(10)2)12-7-6-8-18(15-3,16-4)17-5/h9,12H,6-8H2,1-5H3. The Labute approximate surface area is 110 Å². The molecule has 0 aliphatic carbocycles. The van der Waals surface area contributed by atoms with Crippen molar-refractivity contribution in [2.75, 3.05) is 33.2 Å². The van der Waals surface area contributed by atoms with Crippen molar-refractivity contribution in [3.8, 4) is 0 Å². The molecule has 0 aliphatic heterocycles. The molecular formula is C11H23N3O3Si. The van der Waals surface area contributed by atoms with Gasteiger partial charge in [-0.1, -0.05) is 0 Å². The van der Waals surface area contributed by atoms with E-state index in [9.17, 15) is 0 Å². The topological polar surface area (TPSA) is 57.5 Å². The van der Waals surface area contributed by atoms with E-state index >= 15 is 0 Å². The largest absolute Gasteiger partial charge is 0.500 e. The maximum absolute atomic E-state index is 5.37. The third-order valence-corrected chi connectivity index (χ3v) is 5.95. The van der Waals surface area contributed by atoms with Crippen LogP contribution in [0.5, 0.6) is 0 Å². The van der Waals surface area contributed by atoms with Gasteiger partial charge in [-0.05, 0) is 13.3 Å². The lowest BCUT2D eigenvalue weighted by atomic mass is 10.5. The zero-order chi connectivity index (χ0) is 13.6. The highest BCUT2D eigenvalue weighted by atomic mass is 28.4. The maximum Gasteiger partial charge on any atom is 0.500 e. The second kappa shape index (κ2) is 6.88. The smallest absolute Gasteiger partial charge is 0.377 e. The van der Waals surface area contributed by atoms with Gasteiger partial charge >= 0.3 is 8.80 Å². The summed E-state index contributed by atoms with van der Waals surface area (Å²) in [5, 5.41) is 3.33. The van der Waals surface area contributed by atoms with Gasteiger partial charge in [-0.3, -0.25) is 0 Å². The first kappa shape index (κ1) is 15.2. The van der Waals surface area contributed by atoms with Gasteiger partial charge in [0.15, 0.2) is 0 Å². The van der Waals surface area contributed by atoms with Gasteiger partial charge in [0.1, 0.15) is 11.6 Å². The molecule has 0 atom stereocenters. The quantitative estimate of drug-likeness (QED) is 0.573. The van der Waals surface area contributed by atoms with E-state index in [1.165, 1.54) is 0 Å². The molecule has 1 aromatic heterocycles. The summed E-state index contributed by atoms with van der Waals surface area (Å²) in [5.41, 5.74) is 0. The number of imidazole rings is 1. The van der Waals surface area contributed by atoms with Crippen LogP contribution in [0.25, 0.3) is 0 Å². The summed E-state index contributed by atoms with van der Waals surface area (Å²) >= 11 is 0. The van der Waals surface area contributed by atoms with Crippen molar-refractivity contribution in [3.05, 3.63) is 12.0 Å². The van der Waals surface area contributed by atoms with Gasteiger partial charge in [-0.15, -0.1) is 0 Å². The molecule has 0 fully saturated rings. The van der Waals surface area contributed by atoms with Gasteiger partial charge in [-0.25, -0.2) is 4.98 Å². The first-order chi connectivity index (χ1) is 8.58. The monoisotopic (exact) mass is 273 g/mol. The lowest BCUT2D eigenvalue weighted by Gasteiger charge is -2.24. The van der Waals surface area contributed by atoms with E-state index in [1.807, 2.05) is 24.7 Å². The number of nitrogens with one attached hydrogen (secondary N) is 1. The molecule has 104 valence electrons. The van der Waals surface area contributed by atoms with E-state index in [1.54, 1.807) is 21.3 Å². The van der Waals surface area contributed by atoms with Gasteiger partial charge in [0.25, 0.3) is 0 Å². The van der Waals surface area contributed by atoms with Gasteiger partial charge < -0.3 is 23.2 Å². The fourth-order valence-electron chi connectivity index (χ4n) is 1.74. The second-order valence-electron chi connectivity index (χ2n) is 4.08. The first-order valence-electron chi connectivity index (χ1n) is 5.96. The van der Waals surface area contributed by atoms with E-state index < -0.39 is 8.80 Å². The van der Waals surface area contributed by atoms with Crippen molar-refractivity contribution in [2.24, 2.45) is 7.05 Å². The van der Waals surface area contributed by atoms with Gasteiger partial charge in [0, 0.05) is 41.0 Å². The molecular weight excluding hydrogens is 250 g/mol. The van der Waals surface area contributed by atoms with Crippen LogP contribution in [0.15, 0.2) is 6.20 Å². The third-order valence-electron chi connectivity index (χ3n) is 3.12. The highest BCUT2D eigenvalue weighted by molar-refractivity contribution is 6.60. The van der Waals surface area contributed by atoms with Crippen molar-refractivity contribution in [1.29, 1.82) is 0 Å². The van der Waals surface area contributed by atoms with Crippen molar-refractivity contribution < 1.29 is 13.3 Å². The molecule has 0 saturated carbocycles. The van der Waals surface area contributed by atoms with Crippen molar-refractivity contribution in [1.82, 2.24) is 9.55 Å². The molecule has 1 aromatic rings.